The van der Waals surface area contributed by atoms with Gasteiger partial charge in [-0.15, -0.1) is 0 Å². The van der Waals surface area contributed by atoms with Gasteiger partial charge < -0.3 is 9.64 Å². The zero-order valence-corrected chi connectivity index (χ0v) is 13.3. The van der Waals surface area contributed by atoms with Gasteiger partial charge in [-0.1, -0.05) is 6.07 Å². The SMILES string of the molecule is COCCN1CCCC2(CCN(Cc3cccnc3)C2=O)C1. The minimum atomic E-state index is -0.159. The maximum atomic E-state index is 13.0. The van der Waals surface area contributed by atoms with Crippen molar-refractivity contribution in [3.05, 3.63) is 30.1 Å². The Kier molecular flexibility index (Phi) is 4.74. The van der Waals surface area contributed by atoms with Crippen molar-refractivity contribution in [1.82, 2.24) is 14.8 Å². The summed E-state index contributed by atoms with van der Waals surface area (Å²) in [5.74, 6) is 0.332. The number of methoxy groups -OCH3 is 1. The number of carbonyl (C=O) groups excluding carboxylic acids is 1. The third-order valence-corrected chi connectivity index (χ3v) is 4.96. The van der Waals surface area contributed by atoms with Crippen molar-refractivity contribution in [2.45, 2.75) is 25.8 Å². The summed E-state index contributed by atoms with van der Waals surface area (Å²) in [6.45, 7) is 5.19. The fourth-order valence-electron chi connectivity index (χ4n) is 3.77. The van der Waals surface area contributed by atoms with Crippen LogP contribution in [0.2, 0.25) is 0 Å². The lowest BCUT2D eigenvalue weighted by Gasteiger charge is -2.39. The van der Waals surface area contributed by atoms with E-state index in [0.717, 1.165) is 57.6 Å². The molecule has 1 aromatic heterocycles. The van der Waals surface area contributed by atoms with E-state index in [1.807, 2.05) is 23.2 Å². The third-order valence-electron chi connectivity index (χ3n) is 4.96. The molecule has 1 amide bonds. The number of ether oxygens (including phenoxy) is 1. The Morgan fingerprint density at radius 2 is 2.27 bits per heavy atom. The molecule has 0 aliphatic carbocycles. The summed E-state index contributed by atoms with van der Waals surface area (Å²) in [7, 11) is 1.73. The first-order valence-corrected chi connectivity index (χ1v) is 8.13. The molecule has 120 valence electrons. The lowest BCUT2D eigenvalue weighted by molar-refractivity contribution is -0.139. The molecule has 5 heteroatoms. The second kappa shape index (κ2) is 6.75. The Bertz CT molecular complexity index is 508. The van der Waals surface area contributed by atoms with Gasteiger partial charge in [0.1, 0.15) is 0 Å². The molecule has 2 fully saturated rings. The Morgan fingerprint density at radius 3 is 3.05 bits per heavy atom. The molecule has 3 rings (SSSR count). The van der Waals surface area contributed by atoms with Crippen molar-refractivity contribution in [3.63, 3.8) is 0 Å². The van der Waals surface area contributed by atoms with Crippen molar-refractivity contribution >= 4 is 5.91 Å². The van der Waals surface area contributed by atoms with Crippen LogP contribution < -0.4 is 0 Å². The maximum absolute atomic E-state index is 13.0. The molecular formula is C17H25N3O2. The van der Waals surface area contributed by atoms with Gasteiger partial charge in [-0.05, 0) is 37.4 Å². The van der Waals surface area contributed by atoms with E-state index in [9.17, 15) is 4.79 Å². The molecule has 2 aliphatic heterocycles. The first kappa shape index (κ1) is 15.4. The zero-order chi connectivity index (χ0) is 15.4. The van der Waals surface area contributed by atoms with Gasteiger partial charge in [0, 0.05) is 45.7 Å². The summed E-state index contributed by atoms with van der Waals surface area (Å²) in [6, 6.07) is 3.97. The van der Waals surface area contributed by atoms with Crippen LogP contribution in [0.1, 0.15) is 24.8 Å². The zero-order valence-electron chi connectivity index (χ0n) is 13.3. The smallest absolute Gasteiger partial charge is 0.230 e. The van der Waals surface area contributed by atoms with Crippen LogP contribution in [0.15, 0.2) is 24.5 Å². The number of amides is 1. The number of hydrogen-bond acceptors (Lipinski definition) is 4. The number of carbonyl (C=O) groups is 1. The van der Waals surface area contributed by atoms with E-state index >= 15 is 0 Å². The van der Waals surface area contributed by atoms with Gasteiger partial charge in [-0.2, -0.15) is 0 Å². The molecule has 1 unspecified atom stereocenters. The fourth-order valence-corrected chi connectivity index (χ4v) is 3.77. The van der Waals surface area contributed by atoms with Gasteiger partial charge in [0.2, 0.25) is 5.91 Å². The van der Waals surface area contributed by atoms with Gasteiger partial charge in [-0.25, -0.2) is 0 Å². The lowest BCUT2D eigenvalue weighted by Crippen LogP contribution is -2.48. The van der Waals surface area contributed by atoms with E-state index in [4.69, 9.17) is 4.74 Å². The minimum absolute atomic E-state index is 0.159. The summed E-state index contributed by atoms with van der Waals surface area (Å²) < 4.78 is 5.18. The summed E-state index contributed by atoms with van der Waals surface area (Å²) in [5, 5.41) is 0. The lowest BCUT2D eigenvalue weighted by atomic mass is 9.78. The highest BCUT2D eigenvalue weighted by atomic mass is 16.5. The molecule has 1 spiro atoms. The largest absolute Gasteiger partial charge is 0.383 e. The van der Waals surface area contributed by atoms with Crippen molar-refractivity contribution in [2.24, 2.45) is 5.41 Å². The number of hydrogen-bond donors (Lipinski definition) is 0. The molecular weight excluding hydrogens is 278 g/mol. The monoisotopic (exact) mass is 303 g/mol. The third kappa shape index (κ3) is 3.15. The van der Waals surface area contributed by atoms with Crippen LogP contribution in [0.5, 0.6) is 0 Å². The van der Waals surface area contributed by atoms with Gasteiger partial charge in [0.15, 0.2) is 0 Å². The van der Waals surface area contributed by atoms with Crippen LogP contribution in [0, 0.1) is 5.41 Å². The van der Waals surface area contributed by atoms with E-state index in [1.54, 1.807) is 13.3 Å². The highest BCUT2D eigenvalue weighted by Gasteiger charge is 2.48. The van der Waals surface area contributed by atoms with E-state index in [2.05, 4.69) is 9.88 Å². The fraction of sp³-hybridized carbons (Fsp3) is 0.647. The molecule has 0 N–H and O–H groups in total. The van der Waals surface area contributed by atoms with Crippen LogP contribution in [-0.4, -0.2) is 60.6 Å². The molecule has 22 heavy (non-hydrogen) atoms. The Balaban J connectivity index is 1.64. The van der Waals surface area contributed by atoms with Crippen LogP contribution >= 0.6 is 0 Å². The van der Waals surface area contributed by atoms with E-state index in [1.165, 1.54) is 0 Å². The summed E-state index contributed by atoms with van der Waals surface area (Å²) in [5.41, 5.74) is 0.953. The van der Waals surface area contributed by atoms with E-state index in [0.29, 0.717) is 12.5 Å². The molecule has 2 saturated heterocycles. The number of piperidine rings is 1. The predicted molar refractivity (Wildman–Crippen MR) is 84.3 cm³/mol. The second-order valence-electron chi connectivity index (χ2n) is 6.49. The van der Waals surface area contributed by atoms with Crippen molar-refractivity contribution < 1.29 is 9.53 Å². The molecule has 5 nitrogen and oxygen atoms in total. The highest BCUT2D eigenvalue weighted by Crippen LogP contribution is 2.40. The van der Waals surface area contributed by atoms with Gasteiger partial charge in [0.05, 0.1) is 12.0 Å². The van der Waals surface area contributed by atoms with Crippen molar-refractivity contribution in [2.75, 3.05) is 39.9 Å². The molecule has 1 aromatic rings. The first-order valence-electron chi connectivity index (χ1n) is 8.13. The number of aromatic nitrogens is 1. The topological polar surface area (TPSA) is 45.7 Å². The molecule has 1 atom stereocenters. The normalized spacial score (nSPS) is 26.0. The van der Waals surface area contributed by atoms with Gasteiger partial charge in [-0.3, -0.25) is 14.7 Å². The standard InChI is InChI=1S/C17H25N3O2/c1-22-11-10-19-8-3-5-17(14-19)6-9-20(16(17)21)13-15-4-2-7-18-12-15/h2,4,7,12H,3,5-6,8-11,13-14H2,1H3. The Hall–Kier alpha value is -1.46. The first-order chi connectivity index (χ1) is 10.7. The van der Waals surface area contributed by atoms with Crippen molar-refractivity contribution in [3.8, 4) is 0 Å². The molecule has 0 aromatic carbocycles. The van der Waals surface area contributed by atoms with Crippen molar-refractivity contribution in [1.29, 1.82) is 0 Å². The minimum Gasteiger partial charge on any atom is -0.383 e. The quantitative estimate of drug-likeness (QED) is 0.828. The Labute approximate surface area is 132 Å². The number of nitrogens with zero attached hydrogens (tertiary/aromatic N) is 3. The average molecular weight is 303 g/mol. The maximum Gasteiger partial charge on any atom is 0.230 e. The van der Waals surface area contributed by atoms with Crippen LogP contribution in [-0.2, 0) is 16.1 Å². The Morgan fingerprint density at radius 1 is 1.36 bits per heavy atom. The molecule has 0 saturated carbocycles. The summed E-state index contributed by atoms with van der Waals surface area (Å²) in [6.07, 6.45) is 6.74. The van der Waals surface area contributed by atoms with E-state index in [-0.39, 0.29) is 5.41 Å². The van der Waals surface area contributed by atoms with Crippen LogP contribution in [0.3, 0.4) is 0 Å². The molecule has 2 aliphatic rings. The van der Waals surface area contributed by atoms with Crippen LogP contribution in [0.25, 0.3) is 0 Å². The van der Waals surface area contributed by atoms with Gasteiger partial charge >= 0.3 is 0 Å². The van der Waals surface area contributed by atoms with E-state index < -0.39 is 0 Å². The second-order valence-corrected chi connectivity index (χ2v) is 6.49. The molecule has 0 bridgehead atoms. The van der Waals surface area contributed by atoms with Gasteiger partial charge in [0.25, 0.3) is 0 Å². The van der Waals surface area contributed by atoms with Crippen LogP contribution in [0.4, 0.5) is 0 Å². The summed E-state index contributed by atoms with van der Waals surface area (Å²) in [4.78, 5) is 21.5. The molecule has 3 heterocycles. The highest BCUT2D eigenvalue weighted by molar-refractivity contribution is 5.85. The number of likely N-dealkylation sites (tertiary alicyclic amines) is 2. The predicted octanol–water partition coefficient (Wildman–Crippen LogP) is 1.54. The summed E-state index contributed by atoms with van der Waals surface area (Å²) >= 11 is 0. The average Bonchev–Trinajstić information content (AvgIpc) is 2.84. The molecule has 0 radical (unpaired) electrons. The number of rotatable bonds is 5. The number of pyridine rings is 1.